The van der Waals surface area contributed by atoms with Crippen LogP contribution in [0.2, 0.25) is 0 Å². The topological polar surface area (TPSA) is 81.4 Å². The van der Waals surface area contributed by atoms with Gasteiger partial charge in [0.2, 0.25) is 0 Å². The van der Waals surface area contributed by atoms with E-state index in [0.717, 1.165) is 51.8 Å². The van der Waals surface area contributed by atoms with Crippen LogP contribution in [0, 0.1) is 20.8 Å². The number of rotatable bonds is 5. The van der Waals surface area contributed by atoms with Gasteiger partial charge in [-0.15, -0.1) is 0 Å². The number of hydrogen-bond donors (Lipinski definition) is 2. The second kappa shape index (κ2) is 6.18. The number of nitrogens with two attached hydrogens (primary N) is 1. The molecule has 2 aromatic heterocycles. The van der Waals surface area contributed by atoms with E-state index in [2.05, 4.69) is 18.3 Å². The Balaban J connectivity index is 2.12. The van der Waals surface area contributed by atoms with Crippen LogP contribution in [-0.4, -0.2) is 13.1 Å². The molecule has 5 heteroatoms. The van der Waals surface area contributed by atoms with Crippen LogP contribution < -0.4 is 16.7 Å². The summed E-state index contributed by atoms with van der Waals surface area (Å²) in [6, 6.07) is 3.58. The van der Waals surface area contributed by atoms with Gasteiger partial charge in [0.15, 0.2) is 0 Å². The standard InChI is InChI=1S/C18H22N2O3/c1-10-7-16(21)23-17-12(3)18-14(8-13(10)17)11(2)15(22-18)9-20-6-4-5-19/h7-8,20H,4-6,9,19H2,1-3H3. The van der Waals surface area contributed by atoms with E-state index in [4.69, 9.17) is 14.6 Å². The van der Waals surface area contributed by atoms with Crippen LogP contribution in [0.3, 0.4) is 0 Å². The Hall–Kier alpha value is -2.11. The highest BCUT2D eigenvalue weighted by atomic mass is 16.4. The van der Waals surface area contributed by atoms with Crippen LogP contribution in [0.15, 0.2) is 25.8 Å². The lowest BCUT2D eigenvalue weighted by Gasteiger charge is -2.04. The molecule has 5 nitrogen and oxygen atoms in total. The van der Waals surface area contributed by atoms with E-state index in [1.807, 2.05) is 13.8 Å². The van der Waals surface area contributed by atoms with Gasteiger partial charge < -0.3 is 19.9 Å². The zero-order valence-electron chi connectivity index (χ0n) is 13.8. The molecule has 122 valence electrons. The Bertz CT molecular complexity index is 922. The summed E-state index contributed by atoms with van der Waals surface area (Å²) in [5, 5.41) is 5.37. The molecular formula is C18H22N2O3. The molecule has 0 saturated heterocycles. The zero-order valence-corrected chi connectivity index (χ0v) is 13.8. The molecule has 3 N–H and O–H groups in total. The summed E-state index contributed by atoms with van der Waals surface area (Å²) in [7, 11) is 0. The van der Waals surface area contributed by atoms with Crippen molar-refractivity contribution < 1.29 is 8.83 Å². The highest BCUT2D eigenvalue weighted by Crippen LogP contribution is 2.33. The third kappa shape index (κ3) is 2.78. The maximum Gasteiger partial charge on any atom is 0.336 e. The molecule has 23 heavy (non-hydrogen) atoms. The molecular weight excluding hydrogens is 292 g/mol. The Labute approximate surface area is 134 Å². The summed E-state index contributed by atoms with van der Waals surface area (Å²) in [6.07, 6.45) is 0.937. The average Bonchev–Trinajstić information content (AvgIpc) is 2.82. The molecule has 2 heterocycles. The van der Waals surface area contributed by atoms with Gasteiger partial charge >= 0.3 is 5.63 Å². The Morgan fingerprint density at radius 2 is 1.78 bits per heavy atom. The molecule has 0 fully saturated rings. The Morgan fingerprint density at radius 3 is 2.52 bits per heavy atom. The maximum absolute atomic E-state index is 11.7. The SMILES string of the molecule is Cc1cc(=O)oc2c(C)c3oc(CNCCCN)c(C)c3cc12. The number of nitrogens with one attached hydrogen (secondary N) is 1. The lowest BCUT2D eigenvalue weighted by molar-refractivity contribution is 0.505. The van der Waals surface area contributed by atoms with Crippen LogP contribution in [0.5, 0.6) is 0 Å². The molecule has 0 aliphatic heterocycles. The minimum atomic E-state index is -0.329. The maximum atomic E-state index is 11.7. The Kier molecular flexibility index (Phi) is 4.24. The molecule has 0 aliphatic rings. The minimum Gasteiger partial charge on any atom is -0.459 e. The molecule has 0 bridgehead atoms. The summed E-state index contributed by atoms with van der Waals surface area (Å²) in [5.41, 5.74) is 9.49. The van der Waals surface area contributed by atoms with Gasteiger partial charge in [-0.25, -0.2) is 4.79 Å². The van der Waals surface area contributed by atoms with Crippen molar-refractivity contribution in [3.05, 3.63) is 45.0 Å². The average molecular weight is 314 g/mol. The van der Waals surface area contributed by atoms with Crippen molar-refractivity contribution >= 4 is 21.9 Å². The number of benzene rings is 1. The van der Waals surface area contributed by atoms with E-state index in [0.29, 0.717) is 18.7 Å². The number of hydrogen-bond acceptors (Lipinski definition) is 5. The first-order valence-electron chi connectivity index (χ1n) is 7.89. The van der Waals surface area contributed by atoms with Crippen LogP contribution in [0.25, 0.3) is 21.9 Å². The van der Waals surface area contributed by atoms with E-state index in [9.17, 15) is 4.79 Å². The molecule has 0 spiro atoms. The Morgan fingerprint density at radius 1 is 1.04 bits per heavy atom. The van der Waals surface area contributed by atoms with Crippen molar-refractivity contribution in [2.75, 3.05) is 13.1 Å². The molecule has 0 saturated carbocycles. The van der Waals surface area contributed by atoms with Crippen LogP contribution in [-0.2, 0) is 6.54 Å². The quantitative estimate of drug-likeness (QED) is 0.559. The van der Waals surface area contributed by atoms with E-state index in [-0.39, 0.29) is 5.63 Å². The van der Waals surface area contributed by atoms with Crippen molar-refractivity contribution in [1.82, 2.24) is 5.32 Å². The number of furan rings is 1. The van der Waals surface area contributed by atoms with E-state index >= 15 is 0 Å². The summed E-state index contributed by atoms with van der Waals surface area (Å²) < 4.78 is 11.4. The van der Waals surface area contributed by atoms with Gasteiger partial charge in [-0.3, -0.25) is 0 Å². The minimum absolute atomic E-state index is 0.329. The normalized spacial score (nSPS) is 11.7. The fourth-order valence-corrected chi connectivity index (χ4v) is 2.95. The fraction of sp³-hybridized carbons (Fsp3) is 0.389. The lowest BCUT2D eigenvalue weighted by atomic mass is 10.0. The highest BCUT2D eigenvalue weighted by molar-refractivity contribution is 5.99. The van der Waals surface area contributed by atoms with Crippen molar-refractivity contribution in [2.24, 2.45) is 5.73 Å². The van der Waals surface area contributed by atoms with E-state index < -0.39 is 0 Å². The summed E-state index contributed by atoms with van der Waals surface area (Å²) >= 11 is 0. The largest absolute Gasteiger partial charge is 0.459 e. The first-order chi connectivity index (χ1) is 11.0. The van der Waals surface area contributed by atoms with Crippen LogP contribution >= 0.6 is 0 Å². The fourth-order valence-electron chi connectivity index (χ4n) is 2.95. The molecule has 0 amide bonds. The summed E-state index contributed by atoms with van der Waals surface area (Å²) in [4.78, 5) is 11.7. The predicted octanol–water partition coefficient (Wildman–Crippen LogP) is 2.90. The first kappa shape index (κ1) is 15.8. The van der Waals surface area contributed by atoms with Gasteiger partial charge in [0, 0.05) is 22.4 Å². The highest BCUT2D eigenvalue weighted by Gasteiger charge is 2.17. The van der Waals surface area contributed by atoms with Crippen molar-refractivity contribution in [3.63, 3.8) is 0 Å². The second-order valence-electron chi connectivity index (χ2n) is 5.97. The molecule has 1 aromatic carbocycles. The molecule has 3 aromatic rings. The second-order valence-corrected chi connectivity index (χ2v) is 5.97. The molecule has 0 aliphatic carbocycles. The molecule has 0 radical (unpaired) electrons. The van der Waals surface area contributed by atoms with Crippen LogP contribution in [0.4, 0.5) is 0 Å². The molecule has 0 atom stereocenters. The van der Waals surface area contributed by atoms with Crippen LogP contribution in [0.1, 0.15) is 28.9 Å². The number of fused-ring (bicyclic) bond motifs is 2. The smallest absolute Gasteiger partial charge is 0.336 e. The monoisotopic (exact) mass is 314 g/mol. The third-order valence-electron chi connectivity index (χ3n) is 4.31. The van der Waals surface area contributed by atoms with Crippen molar-refractivity contribution in [2.45, 2.75) is 33.7 Å². The van der Waals surface area contributed by atoms with Crippen molar-refractivity contribution in [3.8, 4) is 0 Å². The van der Waals surface area contributed by atoms with Gasteiger partial charge in [0.1, 0.15) is 16.9 Å². The van der Waals surface area contributed by atoms with E-state index in [1.165, 1.54) is 6.07 Å². The predicted molar refractivity (Wildman–Crippen MR) is 91.8 cm³/mol. The molecule has 0 unspecified atom stereocenters. The molecule has 3 rings (SSSR count). The van der Waals surface area contributed by atoms with Gasteiger partial charge in [-0.05, 0) is 57.5 Å². The zero-order chi connectivity index (χ0) is 16.6. The lowest BCUT2D eigenvalue weighted by Crippen LogP contribution is -2.17. The summed E-state index contributed by atoms with van der Waals surface area (Å²) in [6.45, 7) is 8.12. The van der Waals surface area contributed by atoms with E-state index in [1.54, 1.807) is 0 Å². The first-order valence-corrected chi connectivity index (χ1v) is 7.89. The van der Waals surface area contributed by atoms with Gasteiger partial charge in [0.05, 0.1) is 6.54 Å². The number of aryl methyl sites for hydroxylation is 3. The van der Waals surface area contributed by atoms with Crippen molar-refractivity contribution in [1.29, 1.82) is 0 Å². The summed E-state index contributed by atoms with van der Waals surface area (Å²) in [5.74, 6) is 0.912. The van der Waals surface area contributed by atoms with Gasteiger partial charge in [-0.1, -0.05) is 0 Å². The third-order valence-corrected chi connectivity index (χ3v) is 4.31. The van der Waals surface area contributed by atoms with Gasteiger partial charge in [-0.2, -0.15) is 0 Å². The van der Waals surface area contributed by atoms with Gasteiger partial charge in [0.25, 0.3) is 0 Å².